The van der Waals surface area contributed by atoms with E-state index in [0.717, 1.165) is 18.2 Å². The fourth-order valence-electron chi connectivity index (χ4n) is 0.955. The molecule has 0 saturated carbocycles. The fraction of sp³-hybridized carbons (Fsp3) is 0. The van der Waals surface area contributed by atoms with Crippen LogP contribution in [0.15, 0.2) is 23.1 Å². The molecule has 0 atom stereocenters. The highest BCUT2D eigenvalue weighted by Gasteiger charge is 2.16. The Morgan fingerprint density at radius 2 is 2.12 bits per heavy atom. The number of benzene rings is 1. The fourth-order valence-corrected chi connectivity index (χ4v) is 2.04. The number of rotatable bonds is 3. The van der Waals surface area contributed by atoms with Crippen LogP contribution >= 0.6 is 11.6 Å². The van der Waals surface area contributed by atoms with Gasteiger partial charge < -0.3 is 5.11 Å². The Morgan fingerprint density at radius 3 is 2.56 bits per heavy atom. The Kier molecular flexibility index (Phi) is 3.37. The van der Waals surface area contributed by atoms with Crippen molar-refractivity contribution in [1.82, 2.24) is 4.72 Å². The van der Waals surface area contributed by atoms with E-state index in [1.807, 2.05) is 0 Å². The van der Waals surface area contributed by atoms with Gasteiger partial charge in [0.1, 0.15) is 0 Å². The molecule has 16 heavy (non-hydrogen) atoms. The van der Waals surface area contributed by atoms with Gasteiger partial charge in [-0.15, -0.1) is 0 Å². The van der Waals surface area contributed by atoms with Crippen molar-refractivity contribution in [2.24, 2.45) is 0 Å². The Labute approximate surface area is 96.1 Å². The van der Waals surface area contributed by atoms with E-state index in [1.165, 1.54) is 6.19 Å². The van der Waals surface area contributed by atoms with Crippen molar-refractivity contribution < 1.29 is 18.3 Å². The zero-order valence-corrected chi connectivity index (χ0v) is 9.21. The van der Waals surface area contributed by atoms with E-state index in [1.54, 1.807) is 4.72 Å². The molecule has 1 aromatic carbocycles. The molecular formula is C8H5ClN2O4S. The van der Waals surface area contributed by atoms with Crippen molar-refractivity contribution in [3.63, 3.8) is 0 Å². The van der Waals surface area contributed by atoms with Gasteiger partial charge in [-0.05, 0) is 18.2 Å². The van der Waals surface area contributed by atoms with Crippen LogP contribution in [-0.4, -0.2) is 19.5 Å². The molecule has 0 spiro atoms. The van der Waals surface area contributed by atoms with E-state index in [4.69, 9.17) is 22.0 Å². The number of nitriles is 1. The minimum absolute atomic E-state index is 0.211. The van der Waals surface area contributed by atoms with Crippen LogP contribution in [0.1, 0.15) is 10.4 Å². The molecule has 0 radical (unpaired) electrons. The summed E-state index contributed by atoms with van der Waals surface area (Å²) in [5.41, 5.74) is -0.211. The maximum Gasteiger partial charge on any atom is 0.337 e. The molecule has 0 aromatic heterocycles. The summed E-state index contributed by atoms with van der Waals surface area (Å²) in [7, 11) is -3.96. The second kappa shape index (κ2) is 4.38. The van der Waals surface area contributed by atoms with Gasteiger partial charge in [-0.3, -0.25) is 0 Å². The number of carbonyl (C=O) groups is 1. The molecule has 84 valence electrons. The second-order valence-corrected chi connectivity index (χ2v) is 4.75. The quantitative estimate of drug-likeness (QED) is 0.617. The van der Waals surface area contributed by atoms with Crippen molar-refractivity contribution in [3.8, 4) is 6.19 Å². The van der Waals surface area contributed by atoms with E-state index in [0.29, 0.717) is 0 Å². The minimum atomic E-state index is -3.96. The van der Waals surface area contributed by atoms with E-state index in [-0.39, 0.29) is 15.5 Å². The van der Waals surface area contributed by atoms with Crippen molar-refractivity contribution >= 4 is 27.6 Å². The van der Waals surface area contributed by atoms with Crippen LogP contribution in [0.4, 0.5) is 0 Å². The monoisotopic (exact) mass is 260 g/mol. The number of carboxylic acid groups (broad SMARTS) is 1. The van der Waals surface area contributed by atoms with Crippen LogP contribution in [-0.2, 0) is 10.0 Å². The molecule has 8 heteroatoms. The second-order valence-electron chi connectivity index (χ2n) is 2.66. The van der Waals surface area contributed by atoms with Gasteiger partial charge in [0, 0.05) is 0 Å². The highest BCUT2D eigenvalue weighted by Crippen LogP contribution is 2.20. The molecular weight excluding hydrogens is 256 g/mol. The van der Waals surface area contributed by atoms with Crippen molar-refractivity contribution in [2.45, 2.75) is 4.90 Å². The third-order valence-electron chi connectivity index (χ3n) is 1.66. The summed E-state index contributed by atoms with van der Waals surface area (Å²) in [6.07, 6.45) is 1.27. The lowest BCUT2D eigenvalue weighted by Crippen LogP contribution is -2.18. The van der Waals surface area contributed by atoms with Crippen LogP contribution < -0.4 is 4.72 Å². The average Bonchev–Trinajstić information content (AvgIpc) is 2.16. The Morgan fingerprint density at radius 1 is 1.50 bits per heavy atom. The van der Waals surface area contributed by atoms with Crippen molar-refractivity contribution in [1.29, 1.82) is 5.26 Å². The molecule has 1 aromatic rings. The topological polar surface area (TPSA) is 107 Å². The molecule has 0 unspecified atom stereocenters. The summed E-state index contributed by atoms with van der Waals surface area (Å²) in [6.45, 7) is 0. The summed E-state index contributed by atoms with van der Waals surface area (Å²) in [5.74, 6) is -1.26. The van der Waals surface area contributed by atoms with Crippen LogP contribution in [0.25, 0.3) is 0 Å². The van der Waals surface area contributed by atoms with Gasteiger partial charge in [0.25, 0.3) is 10.0 Å². The van der Waals surface area contributed by atoms with Gasteiger partial charge in [0.2, 0.25) is 0 Å². The summed E-state index contributed by atoms with van der Waals surface area (Å²) in [4.78, 5) is 10.3. The number of hydrogen-bond donors (Lipinski definition) is 2. The van der Waals surface area contributed by atoms with Crippen molar-refractivity contribution in [3.05, 3.63) is 28.8 Å². The normalized spacial score (nSPS) is 10.5. The first-order valence-corrected chi connectivity index (χ1v) is 5.68. The molecule has 0 bridgehead atoms. The lowest BCUT2D eigenvalue weighted by molar-refractivity contribution is 0.0697. The van der Waals surface area contributed by atoms with E-state index in [2.05, 4.69) is 0 Å². The third kappa shape index (κ3) is 2.42. The number of carboxylic acids is 1. The lowest BCUT2D eigenvalue weighted by atomic mass is 10.2. The average molecular weight is 261 g/mol. The summed E-state index contributed by atoms with van der Waals surface area (Å²) >= 11 is 5.57. The number of aromatic carboxylic acids is 1. The number of nitrogens with one attached hydrogen (secondary N) is 1. The zero-order valence-electron chi connectivity index (χ0n) is 7.64. The predicted octanol–water partition coefficient (Wildman–Crippen LogP) is 0.798. The van der Waals surface area contributed by atoms with E-state index < -0.39 is 16.0 Å². The maximum absolute atomic E-state index is 11.3. The maximum atomic E-state index is 11.3. The summed E-state index contributed by atoms with van der Waals surface area (Å²) in [5, 5.41) is 16.7. The molecule has 0 amide bonds. The molecule has 0 fully saturated rings. The zero-order chi connectivity index (χ0) is 12.3. The van der Waals surface area contributed by atoms with Crippen LogP contribution in [0, 0.1) is 11.5 Å². The molecule has 0 saturated heterocycles. The molecule has 0 aliphatic rings. The van der Waals surface area contributed by atoms with E-state index in [9.17, 15) is 13.2 Å². The molecule has 1 rings (SSSR count). The van der Waals surface area contributed by atoms with Gasteiger partial charge >= 0.3 is 5.97 Å². The van der Waals surface area contributed by atoms with Gasteiger partial charge in [0.15, 0.2) is 6.19 Å². The molecule has 6 nitrogen and oxygen atoms in total. The van der Waals surface area contributed by atoms with E-state index >= 15 is 0 Å². The largest absolute Gasteiger partial charge is 0.478 e. The summed E-state index contributed by atoms with van der Waals surface area (Å²) in [6, 6.07) is 3.07. The first kappa shape index (κ1) is 12.3. The van der Waals surface area contributed by atoms with Crippen molar-refractivity contribution in [2.75, 3.05) is 0 Å². The Bertz CT molecular complexity index is 576. The molecule has 0 aliphatic heterocycles. The molecule has 0 aliphatic carbocycles. The Balaban J connectivity index is 3.28. The first-order chi connectivity index (χ1) is 7.38. The van der Waals surface area contributed by atoms with Gasteiger partial charge in [-0.2, -0.15) is 5.26 Å². The standard InChI is InChI=1S/C8H5ClN2O4S/c9-7-3-5(16(14,15)11-4-10)1-2-6(7)8(12)13/h1-3,11H,(H,12,13). The number of halogens is 1. The highest BCUT2D eigenvalue weighted by atomic mass is 35.5. The summed E-state index contributed by atoms with van der Waals surface area (Å²) < 4.78 is 24.2. The number of sulfonamides is 1. The van der Waals surface area contributed by atoms with Gasteiger partial charge in [0.05, 0.1) is 15.5 Å². The first-order valence-electron chi connectivity index (χ1n) is 3.82. The lowest BCUT2D eigenvalue weighted by Gasteiger charge is -2.03. The smallest absolute Gasteiger partial charge is 0.337 e. The SMILES string of the molecule is N#CNS(=O)(=O)c1ccc(C(=O)O)c(Cl)c1. The Hall–Kier alpha value is -1.78. The highest BCUT2D eigenvalue weighted by molar-refractivity contribution is 7.89. The molecule has 2 N–H and O–H groups in total. The third-order valence-corrected chi connectivity index (χ3v) is 3.21. The minimum Gasteiger partial charge on any atom is -0.478 e. The van der Waals surface area contributed by atoms with Crippen LogP contribution in [0.2, 0.25) is 5.02 Å². The number of hydrogen-bond acceptors (Lipinski definition) is 4. The predicted molar refractivity (Wildman–Crippen MR) is 54.3 cm³/mol. The van der Waals surface area contributed by atoms with Crippen LogP contribution in [0.3, 0.4) is 0 Å². The van der Waals surface area contributed by atoms with Gasteiger partial charge in [-0.25, -0.2) is 17.9 Å². The molecule has 0 heterocycles. The van der Waals surface area contributed by atoms with Gasteiger partial charge in [-0.1, -0.05) is 11.6 Å². The number of nitrogens with zero attached hydrogens (tertiary/aromatic N) is 1. The van der Waals surface area contributed by atoms with Crippen LogP contribution in [0.5, 0.6) is 0 Å².